The van der Waals surface area contributed by atoms with Crippen LogP contribution < -0.4 is 10.6 Å². The molecule has 0 aliphatic heterocycles. The normalized spacial score (nSPS) is 10.4. The van der Waals surface area contributed by atoms with Crippen LogP contribution in [-0.2, 0) is 11.3 Å². The van der Waals surface area contributed by atoms with Crippen LogP contribution in [0.3, 0.4) is 0 Å². The van der Waals surface area contributed by atoms with Gasteiger partial charge in [-0.05, 0) is 30.7 Å². The molecule has 0 unspecified atom stereocenters. The molecule has 3 aromatic rings. The van der Waals surface area contributed by atoms with E-state index in [2.05, 4.69) is 15.6 Å². The fraction of sp³-hybridized carbons (Fsp3) is 0.150. The molecule has 0 bridgehead atoms. The van der Waals surface area contributed by atoms with E-state index in [0.29, 0.717) is 23.0 Å². The van der Waals surface area contributed by atoms with E-state index in [4.69, 9.17) is 4.74 Å². The lowest BCUT2D eigenvalue weighted by atomic mass is 10.1. The third-order valence-corrected chi connectivity index (χ3v) is 3.89. The van der Waals surface area contributed by atoms with Crippen LogP contribution in [0.5, 0.6) is 5.75 Å². The van der Waals surface area contributed by atoms with Crippen LogP contribution in [0.4, 0.5) is 10.5 Å². The number of carbonyl (C=O) groups is 2. The highest BCUT2D eigenvalue weighted by Crippen LogP contribution is 2.29. The van der Waals surface area contributed by atoms with Crippen molar-refractivity contribution in [2.24, 2.45) is 0 Å². The quantitative estimate of drug-likeness (QED) is 0.601. The van der Waals surface area contributed by atoms with Crippen molar-refractivity contribution in [1.29, 1.82) is 0 Å². The van der Waals surface area contributed by atoms with Crippen molar-refractivity contribution in [3.63, 3.8) is 0 Å². The molecule has 2 amide bonds. The van der Waals surface area contributed by atoms with E-state index in [1.165, 1.54) is 6.20 Å². The van der Waals surface area contributed by atoms with Gasteiger partial charge in [-0.3, -0.25) is 0 Å². The van der Waals surface area contributed by atoms with Gasteiger partial charge in [0.2, 0.25) is 0 Å². The molecule has 0 spiro atoms. The Morgan fingerprint density at radius 3 is 2.67 bits per heavy atom. The molecule has 0 fully saturated rings. The monoisotopic (exact) mass is 365 g/mol. The van der Waals surface area contributed by atoms with Crippen molar-refractivity contribution < 1.29 is 19.4 Å². The van der Waals surface area contributed by atoms with E-state index < -0.39 is 5.97 Å². The molecule has 1 heterocycles. The Morgan fingerprint density at radius 2 is 1.93 bits per heavy atom. The second-order valence-electron chi connectivity index (χ2n) is 5.77. The van der Waals surface area contributed by atoms with Gasteiger partial charge in [0.05, 0.1) is 6.61 Å². The van der Waals surface area contributed by atoms with Crippen molar-refractivity contribution in [1.82, 2.24) is 10.3 Å². The average Bonchev–Trinajstić information content (AvgIpc) is 2.67. The largest absolute Gasteiger partial charge is 0.505 e. The van der Waals surface area contributed by atoms with Crippen molar-refractivity contribution in [2.45, 2.75) is 13.5 Å². The molecule has 138 valence electrons. The zero-order valence-electron chi connectivity index (χ0n) is 14.7. The first kappa shape index (κ1) is 18.2. The zero-order chi connectivity index (χ0) is 19.2. The van der Waals surface area contributed by atoms with Gasteiger partial charge in [-0.25, -0.2) is 14.6 Å². The Hall–Kier alpha value is -3.61. The van der Waals surface area contributed by atoms with Gasteiger partial charge < -0.3 is 20.5 Å². The number of hydrogen-bond acceptors (Lipinski definition) is 5. The summed E-state index contributed by atoms with van der Waals surface area (Å²) >= 11 is 0. The van der Waals surface area contributed by atoms with Crippen LogP contribution in [0.2, 0.25) is 0 Å². The van der Waals surface area contributed by atoms with E-state index >= 15 is 0 Å². The van der Waals surface area contributed by atoms with Gasteiger partial charge in [-0.2, -0.15) is 0 Å². The van der Waals surface area contributed by atoms with Gasteiger partial charge in [0.15, 0.2) is 11.4 Å². The Bertz CT molecular complexity index is 974. The van der Waals surface area contributed by atoms with E-state index in [9.17, 15) is 14.7 Å². The third kappa shape index (κ3) is 4.33. The van der Waals surface area contributed by atoms with E-state index in [1.54, 1.807) is 25.1 Å². The maximum atomic E-state index is 12.1. The van der Waals surface area contributed by atoms with Crippen LogP contribution in [0.1, 0.15) is 23.0 Å². The van der Waals surface area contributed by atoms with E-state index in [0.717, 1.165) is 5.56 Å². The molecule has 7 heteroatoms. The number of nitrogens with zero attached hydrogens (tertiary/aromatic N) is 1. The minimum Gasteiger partial charge on any atom is -0.505 e. The number of pyridine rings is 1. The Morgan fingerprint density at radius 1 is 1.15 bits per heavy atom. The smallest absolute Gasteiger partial charge is 0.360 e. The summed E-state index contributed by atoms with van der Waals surface area (Å²) in [5.41, 5.74) is 1.40. The number of amides is 2. The highest BCUT2D eigenvalue weighted by atomic mass is 16.5. The summed E-state index contributed by atoms with van der Waals surface area (Å²) in [4.78, 5) is 27.8. The molecule has 3 N–H and O–H groups in total. The second kappa shape index (κ2) is 8.18. The minimum absolute atomic E-state index is 0.134. The van der Waals surface area contributed by atoms with Crippen LogP contribution in [-0.4, -0.2) is 28.7 Å². The summed E-state index contributed by atoms with van der Waals surface area (Å²) in [6.45, 7) is 2.28. The first-order valence-electron chi connectivity index (χ1n) is 8.46. The SMILES string of the molecule is CCOC(=O)c1ncc2cc(NC(=O)NCc3ccccc3)ccc2c1O. The molecule has 0 saturated carbocycles. The molecular formula is C20H19N3O4. The standard InChI is InChI=1S/C20H19N3O4/c1-2-27-19(25)17-18(24)16-9-8-15(10-14(16)12-21-17)23-20(26)22-11-13-6-4-3-5-7-13/h3-10,12,24H,2,11H2,1H3,(H2,22,23,26). The van der Waals surface area contributed by atoms with Crippen molar-refractivity contribution >= 4 is 28.5 Å². The fourth-order valence-corrected chi connectivity index (χ4v) is 2.59. The van der Waals surface area contributed by atoms with Gasteiger partial charge in [-0.15, -0.1) is 0 Å². The number of fused-ring (bicyclic) bond motifs is 1. The third-order valence-electron chi connectivity index (χ3n) is 3.89. The van der Waals surface area contributed by atoms with Gasteiger partial charge in [0.1, 0.15) is 0 Å². The molecule has 0 saturated heterocycles. The molecule has 0 radical (unpaired) electrons. The number of nitrogens with one attached hydrogen (secondary N) is 2. The Balaban J connectivity index is 1.72. The lowest BCUT2D eigenvalue weighted by Gasteiger charge is -2.10. The minimum atomic E-state index is -0.681. The number of esters is 1. The van der Waals surface area contributed by atoms with Crippen molar-refractivity contribution in [3.05, 3.63) is 66.0 Å². The summed E-state index contributed by atoms with van der Waals surface area (Å²) in [6.07, 6.45) is 1.45. The summed E-state index contributed by atoms with van der Waals surface area (Å²) in [6, 6.07) is 14.1. The summed E-state index contributed by atoms with van der Waals surface area (Å²) in [5.74, 6) is -0.926. The zero-order valence-corrected chi connectivity index (χ0v) is 14.7. The first-order chi connectivity index (χ1) is 13.1. The molecule has 2 aromatic carbocycles. The summed E-state index contributed by atoms with van der Waals surface area (Å²) in [7, 11) is 0. The maximum absolute atomic E-state index is 12.1. The van der Waals surface area contributed by atoms with E-state index in [1.807, 2.05) is 30.3 Å². The molecule has 1 aromatic heterocycles. The summed E-state index contributed by atoms with van der Waals surface area (Å²) in [5, 5.41) is 16.8. The van der Waals surface area contributed by atoms with Gasteiger partial charge in [0, 0.05) is 29.2 Å². The second-order valence-corrected chi connectivity index (χ2v) is 5.77. The number of rotatable bonds is 5. The summed E-state index contributed by atoms with van der Waals surface area (Å²) < 4.78 is 4.87. The van der Waals surface area contributed by atoms with Crippen LogP contribution in [0.25, 0.3) is 10.8 Å². The van der Waals surface area contributed by atoms with Crippen molar-refractivity contribution in [2.75, 3.05) is 11.9 Å². The highest BCUT2D eigenvalue weighted by Gasteiger charge is 2.17. The number of hydrogen-bond donors (Lipinski definition) is 3. The molecular weight excluding hydrogens is 346 g/mol. The predicted octanol–water partition coefficient (Wildman–Crippen LogP) is 3.44. The van der Waals surface area contributed by atoms with E-state index in [-0.39, 0.29) is 24.1 Å². The number of anilines is 1. The number of ether oxygens (including phenoxy) is 1. The van der Waals surface area contributed by atoms with Crippen molar-refractivity contribution in [3.8, 4) is 5.75 Å². The van der Waals surface area contributed by atoms with Crippen LogP contribution in [0, 0.1) is 0 Å². The lowest BCUT2D eigenvalue weighted by molar-refractivity contribution is 0.0516. The van der Waals surface area contributed by atoms with Gasteiger partial charge in [0.25, 0.3) is 0 Å². The van der Waals surface area contributed by atoms with Gasteiger partial charge >= 0.3 is 12.0 Å². The highest BCUT2D eigenvalue weighted by molar-refractivity contribution is 6.00. The number of carbonyl (C=O) groups excluding carboxylic acids is 2. The number of aromatic hydroxyl groups is 1. The lowest BCUT2D eigenvalue weighted by Crippen LogP contribution is -2.28. The topological polar surface area (TPSA) is 101 Å². The van der Waals surface area contributed by atoms with Gasteiger partial charge in [-0.1, -0.05) is 30.3 Å². The Labute approximate surface area is 156 Å². The molecule has 0 aliphatic rings. The first-order valence-corrected chi connectivity index (χ1v) is 8.46. The Kier molecular flexibility index (Phi) is 5.51. The van der Waals surface area contributed by atoms with Crippen LogP contribution >= 0.6 is 0 Å². The maximum Gasteiger partial charge on any atom is 0.360 e. The number of aromatic nitrogens is 1. The van der Waals surface area contributed by atoms with Crippen LogP contribution in [0.15, 0.2) is 54.7 Å². The number of urea groups is 1. The molecule has 0 aliphatic carbocycles. The fourth-order valence-electron chi connectivity index (χ4n) is 2.59. The predicted molar refractivity (Wildman–Crippen MR) is 102 cm³/mol. The molecule has 0 atom stereocenters. The molecule has 3 rings (SSSR count). The average molecular weight is 365 g/mol. The molecule has 27 heavy (non-hydrogen) atoms. The molecule has 7 nitrogen and oxygen atoms in total. The number of benzene rings is 2.